The van der Waals surface area contributed by atoms with Gasteiger partial charge in [0.2, 0.25) is 5.91 Å². The highest BCUT2D eigenvalue weighted by molar-refractivity contribution is 6.30. The number of carbonyl (C=O) groups is 2. The number of rotatable bonds is 8. The van der Waals surface area contributed by atoms with E-state index in [1.165, 1.54) is 0 Å². The van der Waals surface area contributed by atoms with E-state index in [9.17, 15) is 9.59 Å². The van der Waals surface area contributed by atoms with E-state index in [0.29, 0.717) is 18.0 Å². The van der Waals surface area contributed by atoms with E-state index in [2.05, 4.69) is 10.6 Å². The average Bonchev–Trinajstić information content (AvgIpc) is 2.42. The third kappa shape index (κ3) is 6.04. The van der Waals surface area contributed by atoms with Crippen LogP contribution >= 0.6 is 11.6 Å². The van der Waals surface area contributed by atoms with Gasteiger partial charge < -0.3 is 10.4 Å². The Morgan fingerprint density at radius 1 is 1.30 bits per heavy atom. The highest BCUT2D eigenvalue weighted by Crippen LogP contribution is 2.08. The molecule has 0 saturated heterocycles. The number of hydrogen-bond donors (Lipinski definition) is 3. The van der Waals surface area contributed by atoms with Crippen LogP contribution in [0.1, 0.15) is 25.3 Å². The first-order chi connectivity index (χ1) is 9.52. The molecular weight excluding hydrogens is 280 g/mol. The molecule has 0 aromatic heterocycles. The number of amides is 1. The van der Waals surface area contributed by atoms with E-state index < -0.39 is 12.0 Å². The van der Waals surface area contributed by atoms with Crippen LogP contribution in [0.25, 0.3) is 0 Å². The zero-order chi connectivity index (χ0) is 15.0. The van der Waals surface area contributed by atoms with Crippen LogP contribution in [-0.4, -0.2) is 29.6 Å². The highest BCUT2D eigenvalue weighted by atomic mass is 35.5. The Hall–Kier alpha value is -1.59. The fourth-order valence-corrected chi connectivity index (χ4v) is 1.81. The van der Waals surface area contributed by atoms with Gasteiger partial charge in [0.15, 0.2) is 0 Å². The minimum Gasteiger partial charge on any atom is -0.480 e. The van der Waals surface area contributed by atoms with Gasteiger partial charge in [-0.2, -0.15) is 0 Å². The molecule has 1 rings (SSSR count). The smallest absolute Gasteiger partial charge is 0.320 e. The average molecular weight is 299 g/mol. The zero-order valence-electron chi connectivity index (χ0n) is 11.4. The summed E-state index contributed by atoms with van der Waals surface area (Å²) in [5.41, 5.74) is 0.936. The molecule has 1 aromatic rings. The molecule has 0 radical (unpaired) electrons. The van der Waals surface area contributed by atoms with E-state index in [-0.39, 0.29) is 12.5 Å². The summed E-state index contributed by atoms with van der Waals surface area (Å²) in [6.45, 7) is 2.28. The van der Waals surface area contributed by atoms with Crippen molar-refractivity contribution in [3.63, 3.8) is 0 Å². The monoisotopic (exact) mass is 298 g/mol. The van der Waals surface area contributed by atoms with Gasteiger partial charge in [0.1, 0.15) is 6.04 Å². The van der Waals surface area contributed by atoms with Gasteiger partial charge in [-0.3, -0.25) is 14.9 Å². The molecule has 0 fully saturated rings. The number of carbonyl (C=O) groups excluding carboxylic acids is 1. The summed E-state index contributed by atoms with van der Waals surface area (Å²) in [7, 11) is 0. The Morgan fingerprint density at radius 2 is 1.95 bits per heavy atom. The first-order valence-electron chi connectivity index (χ1n) is 6.50. The van der Waals surface area contributed by atoms with Gasteiger partial charge in [-0.15, -0.1) is 0 Å². The van der Waals surface area contributed by atoms with Crippen molar-refractivity contribution in [2.24, 2.45) is 0 Å². The molecule has 20 heavy (non-hydrogen) atoms. The van der Waals surface area contributed by atoms with Gasteiger partial charge in [-0.25, -0.2) is 0 Å². The van der Waals surface area contributed by atoms with Crippen molar-refractivity contribution >= 4 is 23.5 Å². The molecule has 6 heteroatoms. The maximum atomic E-state index is 11.6. The third-order valence-electron chi connectivity index (χ3n) is 2.79. The van der Waals surface area contributed by atoms with Crippen LogP contribution in [0.15, 0.2) is 24.3 Å². The van der Waals surface area contributed by atoms with E-state index in [4.69, 9.17) is 16.7 Å². The van der Waals surface area contributed by atoms with Crippen molar-refractivity contribution in [3.05, 3.63) is 34.9 Å². The summed E-state index contributed by atoms with van der Waals surface area (Å²) < 4.78 is 0. The molecule has 0 bridgehead atoms. The lowest BCUT2D eigenvalue weighted by atomic mass is 10.1. The van der Waals surface area contributed by atoms with Gasteiger partial charge in [0.25, 0.3) is 0 Å². The van der Waals surface area contributed by atoms with Crippen molar-refractivity contribution in [1.29, 1.82) is 0 Å². The predicted octanol–water partition coefficient (Wildman–Crippen LogP) is 1.80. The van der Waals surface area contributed by atoms with E-state index in [1.54, 1.807) is 12.1 Å². The summed E-state index contributed by atoms with van der Waals surface area (Å²) in [6, 6.07) is 6.48. The summed E-state index contributed by atoms with van der Waals surface area (Å²) in [5, 5.41) is 15.0. The Bertz CT molecular complexity index is 448. The largest absolute Gasteiger partial charge is 0.480 e. The minimum absolute atomic E-state index is 0.00937. The zero-order valence-corrected chi connectivity index (χ0v) is 12.1. The quantitative estimate of drug-likeness (QED) is 0.684. The molecular formula is C14H19ClN2O3. The van der Waals surface area contributed by atoms with Gasteiger partial charge in [0, 0.05) is 11.6 Å². The van der Waals surface area contributed by atoms with Crippen LogP contribution in [-0.2, 0) is 16.1 Å². The maximum absolute atomic E-state index is 11.6. The van der Waals surface area contributed by atoms with Crippen molar-refractivity contribution in [3.8, 4) is 0 Å². The van der Waals surface area contributed by atoms with E-state index in [0.717, 1.165) is 12.0 Å². The Balaban J connectivity index is 2.32. The predicted molar refractivity (Wildman–Crippen MR) is 77.6 cm³/mol. The number of benzene rings is 1. The van der Waals surface area contributed by atoms with Crippen LogP contribution in [0.5, 0.6) is 0 Å². The number of nitrogens with one attached hydrogen (secondary N) is 2. The first kappa shape index (κ1) is 16.5. The van der Waals surface area contributed by atoms with Crippen molar-refractivity contribution in [2.75, 3.05) is 6.54 Å². The van der Waals surface area contributed by atoms with Crippen molar-refractivity contribution in [1.82, 2.24) is 10.6 Å². The molecule has 1 atom stereocenters. The first-order valence-corrected chi connectivity index (χ1v) is 6.88. The standard InChI is InChI=1S/C14H19ClN2O3/c1-2-3-12(14(19)20)16-9-13(18)17-8-10-4-6-11(15)7-5-10/h4-7,12,16H,2-3,8-9H2,1H3,(H,17,18)(H,19,20). The van der Waals surface area contributed by atoms with Crippen LogP contribution < -0.4 is 10.6 Å². The van der Waals surface area contributed by atoms with Crippen LogP contribution in [0, 0.1) is 0 Å². The maximum Gasteiger partial charge on any atom is 0.320 e. The molecule has 5 nitrogen and oxygen atoms in total. The second kappa shape index (κ2) is 8.55. The second-order valence-electron chi connectivity index (χ2n) is 4.46. The number of aliphatic carboxylic acids is 1. The molecule has 0 aliphatic heterocycles. The number of hydrogen-bond acceptors (Lipinski definition) is 3. The molecule has 0 heterocycles. The van der Waals surface area contributed by atoms with E-state index >= 15 is 0 Å². The van der Waals surface area contributed by atoms with Gasteiger partial charge >= 0.3 is 5.97 Å². The molecule has 110 valence electrons. The SMILES string of the molecule is CCCC(NCC(=O)NCc1ccc(Cl)cc1)C(=O)O. The van der Waals surface area contributed by atoms with E-state index in [1.807, 2.05) is 19.1 Å². The molecule has 3 N–H and O–H groups in total. The Morgan fingerprint density at radius 3 is 2.50 bits per heavy atom. The number of carboxylic acids is 1. The molecule has 0 saturated carbocycles. The van der Waals surface area contributed by atoms with Crippen LogP contribution in [0.3, 0.4) is 0 Å². The normalized spacial score (nSPS) is 11.9. The highest BCUT2D eigenvalue weighted by Gasteiger charge is 2.16. The summed E-state index contributed by atoms with van der Waals surface area (Å²) >= 11 is 5.77. The third-order valence-corrected chi connectivity index (χ3v) is 3.04. The Labute approximate surface area is 123 Å². The van der Waals surface area contributed by atoms with Gasteiger partial charge in [-0.1, -0.05) is 37.1 Å². The van der Waals surface area contributed by atoms with Gasteiger partial charge in [0.05, 0.1) is 6.54 Å². The minimum atomic E-state index is -0.933. The fourth-order valence-electron chi connectivity index (χ4n) is 1.68. The summed E-state index contributed by atoms with van der Waals surface area (Å²) in [6.07, 6.45) is 1.25. The van der Waals surface area contributed by atoms with Gasteiger partial charge in [-0.05, 0) is 24.1 Å². The number of halogens is 1. The van der Waals surface area contributed by atoms with Crippen molar-refractivity contribution < 1.29 is 14.7 Å². The number of carboxylic acid groups (broad SMARTS) is 1. The molecule has 0 spiro atoms. The molecule has 1 aromatic carbocycles. The molecule has 1 amide bonds. The molecule has 0 aliphatic rings. The molecule has 1 unspecified atom stereocenters. The lowest BCUT2D eigenvalue weighted by molar-refractivity contribution is -0.139. The summed E-state index contributed by atoms with van der Waals surface area (Å²) in [5.74, 6) is -1.17. The molecule has 0 aliphatic carbocycles. The Kier molecular flexibility index (Phi) is 7.04. The summed E-state index contributed by atoms with van der Waals surface area (Å²) in [4.78, 5) is 22.5. The second-order valence-corrected chi connectivity index (χ2v) is 4.90. The van der Waals surface area contributed by atoms with Crippen LogP contribution in [0.4, 0.5) is 0 Å². The fraction of sp³-hybridized carbons (Fsp3) is 0.429. The van der Waals surface area contributed by atoms with Crippen molar-refractivity contribution in [2.45, 2.75) is 32.4 Å². The lowest BCUT2D eigenvalue weighted by Crippen LogP contribution is -2.42. The lowest BCUT2D eigenvalue weighted by Gasteiger charge is -2.13. The topological polar surface area (TPSA) is 78.4 Å². The van der Waals surface area contributed by atoms with Crippen LogP contribution in [0.2, 0.25) is 5.02 Å².